The van der Waals surface area contributed by atoms with Crippen LogP contribution in [0.2, 0.25) is 0 Å². The summed E-state index contributed by atoms with van der Waals surface area (Å²) in [7, 11) is -6.23. The molecule has 0 N–H and O–H groups in total. The number of imidazole rings is 2. The lowest BCUT2D eigenvalue weighted by Gasteiger charge is -2.32. The lowest BCUT2D eigenvalue weighted by atomic mass is 9.78. The van der Waals surface area contributed by atoms with Gasteiger partial charge >= 0.3 is 7.12 Å². The number of para-hydroxylation sites is 6. The minimum atomic E-state index is -3.02. The van der Waals surface area contributed by atoms with Crippen LogP contribution in [0.1, 0.15) is 27.7 Å². The van der Waals surface area contributed by atoms with E-state index >= 15 is 0 Å². The number of benzene rings is 12. The van der Waals surface area contributed by atoms with Gasteiger partial charge in [-0.25, -0.2) is 9.97 Å². The summed E-state index contributed by atoms with van der Waals surface area (Å²) in [6, 6.07) is 102. The standard InChI is InChI=1S/C37H25N2OP.C25H23BN2O2.C18H14BrOP/c40-41(28-11-3-1-4-12-28,29-13-5-2-6-14-29)30-22-19-26(20-23-30)27-21-24-31-32-15-7-9-17-35(32)39-36-18-10-8-16-34(36)38-37(39)33(31)25-27;1-24(2)25(3,4)30-26(29-24)16-13-14-17-18-9-5-7-11-21(18)28-22-12-8-6-10-20(22)27-23(28)19(17)15-16;19-15-11-13-18(14-12-15)21(20,16-7-3-1-4-8-16)17-9-5-2-6-10-17/h1-25H;5-15H,1-4H3;1-14H. The molecule has 4 aromatic heterocycles. The average Bonchev–Trinajstić information content (AvgIpc) is 1.79. The third-order valence-corrected chi connectivity index (χ3v) is 25.0. The molecule has 0 saturated carbocycles. The van der Waals surface area contributed by atoms with Crippen molar-refractivity contribution in [3.63, 3.8) is 0 Å². The fourth-order valence-electron chi connectivity index (χ4n) is 12.9. The van der Waals surface area contributed by atoms with E-state index in [0.29, 0.717) is 0 Å². The average molecular weight is 1300 g/mol. The Hall–Kier alpha value is -9.50. The molecule has 16 aromatic rings. The van der Waals surface area contributed by atoms with Crippen molar-refractivity contribution in [3.05, 3.63) is 308 Å². The first-order valence-corrected chi connectivity index (χ1v) is 35.1. The second-order valence-corrected chi connectivity index (χ2v) is 30.7. The Labute approximate surface area is 542 Å². The van der Waals surface area contributed by atoms with Crippen LogP contribution >= 0.6 is 30.2 Å². The number of fused-ring (bicyclic) bond motifs is 16. The highest BCUT2D eigenvalue weighted by atomic mass is 79.9. The number of nitrogens with zero attached hydrogens (tertiary/aromatic N) is 4. The lowest BCUT2D eigenvalue weighted by Crippen LogP contribution is -2.41. The number of rotatable bonds is 8. The largest absolute Gasteiger partial charge is 0.494 e. The summed E-state index contributed by atoms with van der Waals surface area (Å²) < 4.78 is 46.8. The van der Waals surface area contributed by atoms with Gasteiger partial charge in [-0.3, -0.25) is 8.80 Å². The van der Waals surface area contributed by atoms with Gasteiger partial charge in [-0.05, 0) is 122 Å². The molecule has 8 nitrogen and oxygen atoms in total. The first-order chi connectivity index (χ1) is 44.8. The highest BCUT2D eigenvalue weighted by Crippen LogP contribution is 2.45. The Morgan fingerprint density at radius 1 is 0.337 bits per heavy atom. The normalized spacial score (nSPS) is 13.9. The molecule has 1 aliphatic rings. The number of hydrogen-bond acceptors (Lipinski definition) is 6. The smallest absolute Gasteiger partial charge is 0.399 e. The molecule has 5 heterocycles. The minimum absolute atomic E-state index is 0.368. The Kier molecular flexibility index (Phi) is 15.1. The monoisotopic (exact) mass is 1290 g/mol. The zero-order chi connectivity index (χ0) is 62.8. The van der Waals surface area contributed by atoms with E-state index in [1.807, 2.05) is 170 Å². The zero-order valence-electron chi connectivity index (χ0n) is 51.1. The molecule has 0 bridgehead atoms. The van der Waals surface area contributed by atoms with Crippen molar-refractivity contribution in [2.24, 2.45) is 0 Å². The van der Waals surface area contributed by atoms with Gasteiger partial charge in [0.15, 0.2) is 14.3 Å². The highest BCUT2D eigenvalue weighted by molar-refractivity contribution is 9.10. The molecule has 0 atom stereocenters. The summed E-state index contributed by atoms with van der Waals surface area (Å²) in [5.74, 6) is 0. The van der Waals surface area contributed by atoms with E-state index in [4.69, 9.17) is 19.3 Å². The van der Waals surface area contributed by atoms with E-state index in [1.54, 1.807) is 0 Å². The molecule has 446 valence electrons. The van der Waals surface area contributed by atoms with Gasteiger partial charge in [-0.1, -0.05) is 253 Å². The fraction of sp³-hybridized carbons (Fsp3) is 0.0750. The quantitative estimate of drug-likeness (QED) is 0.0856. The Morgan fingerprint density at radius 3 is 1.11 bits per heavy atom. The van der Waals surface area contributed by atoms with Crippen molar-refractivity contribution in [2.45, 2.75) is 38.9 Å². The van der Waals surface area contributed by atoms with Crippen LogP contribution < -0.4 is 37.3 Å². The molecule has 0 unspecified atom stereocenters. The van der Waals surface area contributed by atoms with Gasteiger partial charge in [0.05, 0.1) is 44.3 Å². The first kappa shape index (κ1) is 58.9. The molecule has 0 spiro atoms. The summed E-state index contributed by atoms with van der Waals surface area (Å²) in [5, 5.41) is 12.1. The van der Waals surface area contributed by atoms with Crippen molar-refractivity contribution in [3.8, 4) is 11.1 Å². The van der Waals surface area contributed by atoms with Gasteiger partial charge in [0.2, 0.25) is 0 Å². The second kappa shape index (κ2) is 23.6. The predicted molar refractivity (Wildman–Crippen MR) is 389 cm³/mol. The first-order valence-electron chi connectivity index (χ1n) is 30.9. The van der Waals surface area contributed by atoms with Crippen molar-refractivity contribution in [2.75, 3.05) is 0 Å². The number of aromatic nitrogens is 4. The van der Waals surface area contributed by atoms with Crippen molar-refractivity contribution >= 4 is 151 Å². The Bertz CT molecular complexity index is 5450. The summed E-state index contributed by atoms with van der Waals surface area (Å²) in [5.41, 5.74) is 10.9. The van der Waals surface area contributed by atoms with Gasteiger partial charge < -0.3 is 18.4 Å². The highest BCUT2D eigenvalue weighted by Gasteiger charge is 2.52. The van der Waals surface area contributed by atoms with E-state index in [9.17, 15) is 9.13 Å². The molecule has 1 saturated heterocycles. The molecule has 0 amide bonds. The van der Waals surface area contributed by atoms with Gasteiger partial charge in [-0.2, -0.15) is 0 Å². The van der Waals surface area contributed by atoms with Crippen LogP contribution in [0.4, 0.5) is 0 Å². The van der Waals surface area contributed by atoms with Gasteiger partial charge in [0.25, 0.3) is 0 Å². The summed E-state index contributed by atoms with van der Waals surface area (Å²) >= 11 is 3.43. The van der Waals surface area contributed by atoms with Crippen molar-refractivity contribution < 1.29 is 18.4 Å². The zero-order valence-corrected chi connectivity index (χ0v) is 54.5. The molecule has 12 heteroatoms. The summed E-state index contributed by atoms with van der Waals surface area (Å²) in [6.45, 7) is 8.34. The van der Waals surface area contributed by atoms with Crippen LogP contribution in [0.3, 0.4) is 0 Å². The molecular weight excluding hydrogens is 1230 g/mol. The van der Waals surface area contributed by atoms with Crippen molar-refractivity contribution in [1.29, 1.82) is 0 Å². The Morgan fingerprint density at radius 2 is 0.674 bits per heavy atom. The van der Waals surface area contributed by atoms with Crippen LogP contribution in [-0.4, -0.2) is 37.1 Å². The van der Waals surface area contributed by atoms with Crippen molar-refractivity contribution in [1.82, 2.24) is 18.8 Å². The van der Waals surface area contributed by atoms with Crippen LogP contribution in [0.25, 0.3) is 87.8 Å². The summed E-state index contributed by atoms with van der Waals surface area (Å²) in [6.07, 6.45) is 0. The lowest BCUT2D eigenvalue weighted by molar-refractivity contribution is 0.00578. The predicted octanol–water partition coefficient (Wildman–Crippen LogP) is 17.3. The van der Waals surface area contributed by atoms with Crippen LogP contribution in [0.5, 0.6) is 0 Å². The third kappa shape index (κ3) is 10.2. The number of halogens is 1. The second-order valence-electron chi connectivity index (χ2n) is 24.3. The molecule has 1 aliphatic heterocycles. The van der Waals surface area contributed by atoms with E-state index in [1.165, 1.54) is 21.5 Å². The van der Waals surface area contributed by atoms with Crippen LogP contribution in [-0.2, 0) is 18.4 Å². The topological polar surface area (TPSA) is 87.2 Å². The molecule has 0 radical (unpaired) electrons. The maximum Gasteiger partial charge on any atom is 0.494 e. The van der Waals surface area contributed by atoms with E-state index in [0.717, 1.165) is 108 Å². The van der Waals surface area contributed by atoms with E-state index < -0.39 is 21.4 Å². The van der Waals surface area contributed by atoms with Crippen LogP contribution in [0, 0.1) is 0 Å². The van der Waals surface area contributed by atoms with Gasteiger partial charge in [0, 0.05) is 57.8 Å². The fourth-order valence-corrected chi connectivity index (χ4v) is 18.5. The van der Waals surface area contributed by atoms with E-state index in [2.05, 4.69) is 186 Å². The number of pyridine rings is 2. The van der Waals surface area contributed by atoms with Gasteiger partial charge in [0.1, 0.15) is 11.3 Å². The third-order valence-electron chi connectivity index (χ3n) is 18.3. The minimum Gasteiger partial charge on any atom is -0.399 e. The maximum atomic E-state index is 14.8. The van der Waals surface area contributed by atoms with Crippen LogP contribution in [0.15, 0.2) is 308 Å². The summed E-state index contributed by atoms with van der Waals surface area (Å²) in [4.78, 5) is 10.1. The Balaban J connectivity index is 0.000000121. The molecule has 1 fully saturated rings. The molecule has 0 aliphatic carbocycles. The maximum absolute atomic E-state index is 14.8. The van der Waals surface area contributed by atoms with E-state index in [-0.39, 0.29) is 11.2 Å². The molecule has 92 heavy (non-hydrogen) atoms. The SMILES string of the molecule is CC1(C)OB(c2ccc3c4ccccc4n4c5ccccc5nc4c3c2)OC1(C)C.O=P(c1ccccc1)(c1ccccc1)c1ccc(-c2ccc3c4ccccc4n4c5ccccc5nc4c3c2)cc1.O=P(c1ccccc1)(c1ccccc1)c1ccc(Br)cc1. The van der Waals surface area contributed by atoms with Gasteiger partial charge in [-0.15, -0.1) is 0 Å². The molecule has 17 rings (SSSR count). The molecular formula is C80H62BBrN4O4P2. The molecule has 12 aromatic carbocycles. The number of hydrogen-bond donors (Lipinski definition) is 0.